The predicted octanol–water partition coefficient (Wildman–Crippen LogP) is 3.14. The van der Waals surface area contributed by atoms with Crippen molar-refractivity contribution in [2.75, 3.05) is 19.6 Å². The second kappa shape index (κ2) is 8.55. The number of nitrogens with one attached hydrogen (secondary N) is 1. The average molecular weight is 394 g/mol. The molecule has 2 amide bonds. The highest BCUT2D eigenvalue weighted by atomic mass is 16.6. The Morgan fingerprint density at radius 1 is 1.00 bits per heavy atom. The molecular formula is C23H26N2O4. The molecule has 4 rings (SSSR count). The molecule has 2 aromatic carbocycles. The fraction of sp³-hybridized carbons (Fsp3) is 0.391. The van der Waals surface area contributed by atoms with Gasteiger partial charge in [-0.3, -0.25) is 4.79 Å². The van der Waals surface area contributed by atoms with E-state index in [4.69, 9.17) is 4.74 Å². The van der Waals surface area contributed by atoms with Gasteiger partial charge in [0, 0.05) is 38.0 Å². The maximum absolute atomic E-state index is 12.5. The lowest BCUT2D eigenvalue weighted by Crippen LogP contribution is -2.42. The molecule has 2 N–H and O–H groups in total. The summed E-state index contributed by atoms with van der Waals surface area (Å²) in [5.74, 6) is 0.339. The van der Waals surface area contributed by atoms with Gasteiger partial charge >= 0.3 is 6.09 Å². The predicted molar refractivity (Wildman–Crippen MR) is 109 cm³/mol. The number of aromatic hydroxyl groups is 1. The molecule has 2 aromatic rings. The highest BCUT2D eigenvalue weighted by Crippen LogP contribution is 2.25. The molecule has 0 unspecified atom stereocenters. The number of hydrogen-bond acceptors (Lipinski definition) is 4. The Kier molecular flexibility index (Phi) is 5.69. The van der Waals surface area contributed by atoms with Crippen molar-refractivity contribution < 1.29 is 19.4 Å². The number of benzene rings is 2. The molecule has 1 aliphatic carbocycles. The lowest BCUT2D eigenvalue weighted by molar-refractivity contribution is 0.0560. The number of rotatable bonds is 4. The van der Waals surface area contributed by atoms with Crippen LogP contribution in [0.3, 0.4) is 0 Å². The molecule has 0 bridgehead atoms. The van der Waals surface area contributed by atoms with Crippen LogP contribution in [0.5, 0.6) is 5.75 Å². The number of fused-ring (bicyclic) bond motifs is 1. The van der Waals surface area contributed by atoms with Crippen LogP contribution in [-0.4, -0.2) is 47.7 Å². The summed E-state index contributed by atoms with van der Waals surface area (Å²) in [5.41, 5.74) is 3.07. The average Bonchev–Trinajstić information content (AvgIpc) is 3.15. The number of likely N-dealkylation sites (tertiary alicyclic amines) is 1. The van der Waals surface area contributed by atoms with Crippen molar-refractivity contribution in [2.45, 2.75) is 31.8 Å². The van der Waals surface area contributed by atoms with Crippen molar-refractivity contribution in [2.24, 2.45) is 5.92 Å². The van der Waals surface area contributed by atoms with Gasteiger partial charge in [0.15, 0.2) is 0 Å². The van der Waals surface area contributed by atoms with E-state index >= 15 is 0 Å². The molecule has 0 spiro atoms. The summed E-state index contributed by atoms with van der Waals surface area (Å²) in [6.07, 6.45) is 2.98. The number of nitrogens with zero attached hydrogens (tertiary/aromatic N) is 1. The number of hydrogen-bond donors (Lipinski definition) is 2. The van der Waals surface area contributed by atoms with Crippen LogP contribution in [-0.2, 0) is 17.6 Å². The van der Waals surface area contributed by atoms with Gasteiger partial charge in [0.05, 0.1) is 0 Å². The largest absolute Gasteiger partial charge is 0.508 e. The quantitative estimate of drug-likeness (QED) is 0.835. The van der Waals surface area contributed by atoms with Gasteiger partial charge in [-0.05, 0) is 54.2 Å². The molecule has 1 heterocycles. The van der Waals surface area contributed by atoms with Gasteiger partial charge in [0.25, 0.3) is 5.91 Å². The smallest absolute Gasteiger partial charge is 0.410 e. The van der Waals surface area contributed by atoms with Crippen molar-refractivity contribution in [3.05, 3.63) is 65.2 Å². The van der Waals surface area contributed by atoms with Crippen molar-refractivity contribution >= 4 is 12.0 Å². The summed E-state index contributed by atoms with van der Waals surface area (Å²) in [6.45, 7) is 1.89. The Bertz CT molecular complexity index is 848. The molecule has 0 radical (unpaired) electrons. The van der Waals surface area contributed by atoms with Crippen LogP contribution in [0.25, 0.3) is 0 Å². The van der Waals surface area contributed by atoms with E-state index in [-0.39, 0.29) is 23.9 Å². The topological polar surface area (TPSA) is 78.9 Å². The molecule has 6 nitrogen and oxygen atoms in total. The molecule has 0 atom stereocenters. The van der Waals surface area contributed by atoms with E-state index in [9.17, 15) is 14.7 Å². The summed E-state index contributed by atoms with van der Waals surface area (Å²) in [6, 6.07) is 14.4. The first kappa shape index (κ1) is 19.3. The highest BCUT2D eigenvalue weighted by molar-refractivity contribution is 5.94. The van der Waals surface area contributed by atoms with Gasteiger partial charge < -0.3 is 20.1 Å². The number of carbonyl (C=O) groups is 2. The zero-order chi connectivity index (χ0) is 20.2. The number of phenols is 1. The van der Waals surface area contributed by atoms with Crippen LogP contribution >= 0.6 is 0 Å². The number of amides is 2. The monoisotopic (exact) mass is 394 g/mol. The summed E-state index contributed by atoms with van der Waals surface area (Å²) in [5, 5.41) is 12.2. The van der Waals surface area contributed by atoms with E-state index in [1.165, 1.54) is 23.3 Å². The van der Waals surface area contributed by atoms with Crippen molar-refractivity contribution in [1.29, 1.82) is 0 Å². The number of carbonyl (C=O) groups excluding carboxylic acids is 2. The van der Waals surface area contributed by atoms with E-state index in [0.717, 1.165) is 25.7 Å². The Morgan fingerprint density at radius 2 is 1.62 bits per heavy atom. The Labute approximate surface area is 170 Å². The Morgan fingerprint density at radius 3 is 2.24 bits per heavy atom. The maximum Gasteiger partial charge on any atom is 0.410 e. The lowest BCUT2D eigenvalue weighted by Gasteiger charge is -2.32. The fourth-order valence-electron chi connectivity index (χ4n) is 4.09. The molecule has 0 aromatic heterocycles. The zero-order valence-corrected chi connectivity index (χ0v) is 16.3. The number of ether oxygens (including phenoxy) is 1. The van der Waals surface area contributed by atoms with Gasteiger partial charge in [-0.15, -0.1) is 0 Å². The first-order chi connectivity index (χ1) is 14.1. The van der Waals surface area contributed by atoms with Crippen LogP contribution in [0.15, 0.2) is 48.5 Å². The van der Waals surface area contributed by atoms with Crippen molar-refractivity contribution in [3.8, 4) is 5.75 Å². The van der Waals surface area contributed by atoms with Crippen LogP contribution < -0.4 is 5.32 Å². The lowest BCUT2D eigenvalue weighted by atomic mass is 9.97. The minimum atomic E-state index is -0.227. The van der Waals surface area contributed by atoms with E-state index < -0.39 is 0 Å². The number of piperidine rings is 1. The highest BCUT2D eigenvalue weighted by Gasteiger charge is 2.29. The third kappa shape index (κ3) is 4.70. The third-order valence-corrected chi connectivity index (χ3v) is 5.83. The summed E-state index contributed by atoms with van der Waals surface area (Å²) in [7, 11) is 0. The number of phenolic OH excluding ortho intramolecular Hbond substituents is 1. The van der Waals surface area contributed by atoms with Gasteiger partial charge in [0.1, 0.15) is 11.9 Å². The molecule has 1 saturated heterocycles. The first-order valence-corrected chi connectivity index (χ1v) is 10.2. The van der Waals surface area contributed by atoms with Crippen LogP contribution in [0, 0.1) is 5.92 Å². The molecule has 1 fully saturated rings. The zero-order valence-electron chi connectivity index (χ0n) is 16.3. The van der Waals surface area contributed by atoms with Crippen molar-refractivity contribution in [3.63, 3.8) is 0 Å². The molecule has 2 aliphatic rings. The summed E-state index contributed by atoms with van der Waals surface area (Å²) < 4.78 is 5.73. The van der Waals surface area contributed by atoms with Gasteiger partial charge in [-0.25, -0.2) is 4.79 Å². The molecule has 1 aliphatic heterocycles. The Balaban J connectivity index is 1.19. The molecule has 0 saturated carbocycles. The summed E-state index contributed by atoms with van der Waals surface area (Å²) in [4.78, 5) is 26.5. The standard InChI is InChI=1S/C23H26N2O4/c26-20-7-5-17(6-8-20)22(27)24-15-16-9-11-25(12-10-16)23(28)29-21-13-18-3-1-2-4-19(18)14-21/h1-8,16,21,26H,9-15H2,(H,24,27). The van der Waals surface area contributed by atoms with E-state index in [2.05, 4.69) is 17.4 Å². The Hall–Kier alpha value is -3.02. The van der Waals surface area contributed by atoms with Crippen LogP contribution in [0.4, 0.5) is 4.79 Å². The van der Waals surface area contributed by atoms with Gasteiger partial charge in [0.2, 0.25) is 0 Å². The molecular weight excluding hydrogens is 368 g/mol. The fourth-order valence-corrected chi connectivity index (χ4v) is 4.09. The third-order valence-electron chi connectivity index (χ3n) is 5.83. The van der Waals surface area contributed by atoms with Crippen LogP contribution in [0.2, 0.25) is 0 Å². The minimum Gasteiger partial charge on any atom is -0.508 e. The SMILES string of the molecule is O=C(NCC1CCN(C(=O)OC2Cc3ccccc3C2)CC1)c1ccc(O)cc1. The normalized spacial score (nSPS) is 17.0. The molecule has 29 heavy (non-hydrogen) atoms. The summed E-state index contributed by atoms with van der Waals surface area (Å²) >= 11 is 0. The second-order valence-electron chi connectivity index (χ2n) is 7.87. The van der Waals surface area contributed by atoms with E-state index in [1.54, 1.807) is 17.0 Å². The first-order valence-electron chi connectivity index (χ1n) is 10.2. The maximum atomic E-state index is 12.5. The second-order valence-corrected chi connectivity index (χ2v) is 7.87. The van der Waals surface area contributed by atoms with Gasteiger partial charge in [-0.2, -0.15) is 0 Å². The van der Waals surface area contributed by atoms with Crippen LogP contribution in [0.1, 0.15) is 34.3 Å². The van der Waals surface area contributed by atoms with Gasteiger partial charge in [-0.1, -0.05) is 24.3 Å². The van der Waals surface area contributed by atoms with E-state index in [0.29, 0.717) is 31.1 Å². The molecule has 6 heteroatoms. The van der Waals surface area contributed by atoms with Crippen molar-refractivity contribution in [1.82, 2.24) is 10.2 Å². The van der Waals surface area contributed by atoms with E-state index in [1.807, 2.05) is 12.1 Å². The molecule has 152 valence electrons. The minimum absolute atomic E-state index is 0.0674.